The Morgan fingerprint density at radius 1 is 0.825 bits per heavy atom. The van der Waals surface area contributed by atoms with Crippen LogP contribution in [0.25, 0.3) is 21.9 Å². The van der Waals surface area contributed by atoms with Crippen molar-refractivity contribution in [2.75, 3.05) is 39.5 Å². The number of aromatic nitrogens is 1. The zero-order valence-electron chi connectivity index (χ0n) is 31.7. The van der Waals surface area contributed by atoms with Crippen LogP contribution in [0.3, 0.4) is 0 Å². The van der Waals surface area contributed by atoms with Crippen LogP contribution < -0.4 is 16.0 Å². The van der Waals surface area contributed by atoms with Crippen molar-refractivity contribution in [1.29, 1.82) is 0 Å². The molecular weight excluding hydrogens is 727 g/mol. The Kier molecular flexibility index (Phi) is 12.3. The number of esters is 1. The lowest BCUT2D eigenvalue weighted by Gasteiger charge is -2.29. The molecule has 3 heterocycles. The van der Waals surface area contributed by atoms with Gasteiger partial charge in [0.05, 0.1) is 11.1 Å². The number of benzene rings is 4. The van der Waals surface area contributed by atoms with Crippen LogP contribution in [0, 0.1) is 0 Å². The van der Waals surface area contributed by atoms with Crippen molar-refractivity contribution in [2.45, 2.75) is 38.5 Å². The summed E-state index contributed by atoms with van der Waals surface area (Å²) in [6, 6.07) is 33.3. The lowest BCUT2D eigenvalue weighted by molar-refractivity contribution is -0.126. The van der Waals surface area contributed by atoms with Crippen LogP contribution >= 0.6 is 0 Å². The maximum atomic E-state index is 13.9. The number of carbonyl (C=O) groups excluding carboxylic acids is 4. The molecule has 13 nitrogen and oxygen atoms in total. The summed E-state index contributed by atoms with van der Waals surface area (Å²) in [5.74, 6) is -0.615. The number of hydrogen-bond donors (Lipinski definition) is 3. The summed E-state index contributed by atoms with van der Waals surface area (Å²) < 4.78 is 23.3. The molecule has 2 aromatic heterocycles. The molecule has 1 aliphatic heterocycles. The van der Waals surface area contributed by atoms with E-state index in [1.54, 1.807) is 43.5 Å². The highest BCUT2D eigenvalue weighted by molar-refractivity contribution is 5.95. The standard InChI is InChI=1S/C44H45N5O8/c1-44(41(51)46-20-19-31-9-3-2-4-10-31,47-42(52)54-29-36-25-34-11-5-8-14-39(34)57-36)26-35-28-49(38-13-7-6-12-37(35)38)43(53)56-30-55-40(50)33-17-15-32(16-18-33)27-48-23-21-45-22-24-48/h2-18,25,28,45H,19-24,26-27,29-30H2,1H3,(H,46,51)(H,47,52). The van der Waals surface area contributed by atoms with Gasteiger partial charge in [0.15, 0.2) is 6.61 Å². The first-order valence-electron chi connectivity index (χ1n) is 18.9. The highest BCUT2D eigenvalue weighted by atomic mass is 16.7. The smallest absolute Gasteiger partial charge is 0.421 e. The van der Waals surface area contributed by atoms with Crippen molar-refractivity contribution in [3.63, 3.8) is 0 Å². The minimum Gasteiger partial charge on any atom is -0.457 e. The molecular formula is C44H45N5O8. The van der Waals surface area contributed by atoms with E-state index in [1.807, 2.05) is 78.9 Å². The van der Waals surface area contributed by atoms with Crippen molar-refractivity contribution >= 4 is 45.9 Å². The molecule has 0 radical (unpaired) electrons. The molecule has 0 saturated carbocycles. The number of nitrogens with one attached hydrogen (secondary N) is 3. The number of alkyl carbamates (subject to hydrolysis) is 1. The summed E-state index contributed by atoms with van der Waals surface area (Å²) in [4.78, 5) is 55.8. The van der Waals surface area contributed by atoms with Crippen LogP contribution in [-0.2, 0) is 45.0 Å². The van der Waals surface area contributed by atoms with E-state index in [4.69, 9.17) is 18.6 Å². The summed E-state index contributed by atoms with van der Waals surface area (Å²) in [6.07, 6.45) is 0.517. The van der Waals surface area contributed by atoms with Gasteiger partial charge in [-0.3, -0.25) is 14.3 Å². The molecule has 57 heavy (non-hydrogen) atoms. The van der Waals surface area contributed by atoms with Gasteiger partial charge in [-0.2, -0.15) is 0 Å². The Morgan fingerprint density at radius 2 is 1.56 bits per heavy atom. The Balaban J connectivity index is 1.02. The average Bonchev–Trinajstić information content (AvgIpc) is 3.82. The summed E-state index contributed by atoms with van der Waals surface area (Å²) in [7, 11) is 0. The number of carbonyl (C=O) groups is 4. The third kappa shape index (κ3) is 9.87. The second-order valence-electron chi connectivity index (χ2n) is 14.2. The first kappa shape index (κ1) is 38.8. The summed E-state index contributed by atoms with van der Waals surface area (Å²) in [6.45, 7) is 5.80. The van der Waals surface area contributed by atoms with E-state index in [0.29, 0.717) is 46.3 Å². The van der Waals surface area contributed by atoms with Gasteiger partial charge in [-0.1, -0.05) is 78.9 Å². The van der Waals surface area contributed by atoms with E-state index in [1.165, 1.54) is 4.57 Å². The SMILES string of the molecule is CC(Cc1cn(C(=O)OCOC(=O)c2ccc(CN3CCNCC3)cc2)c2ccccc12)(NC(=O)OCc1cc2ccccc2o1)C(=O)NCCc1ccccc1. The molecule has 13 heteroatoms. The average molecular weight is 772 g/mol. The van der Waals surface area contributed by atoms with Gasteiger partial charge >= 0.3 is 18.2 Å². The van der Waals surface area contributed by atoms with Crippen molar-refractivity contribution < 1.29 is 37.8 Å². The molecule has 4 aromatic carbocycles. The van der Waals surface area contributed by atoms with Crippen molar-refractivity contribution in [3.05, 3.63) is 143 Å². The van der Waals surface area contributed by atoms with E-state index >= 15 is 0 Å². The lowest BCUT2D eigenvalue weighted by Crippen LogP contribution is -2.58. The van der Waals surface area contributed by atoms with Gasteiger partial charge < -0.3 is 34.6 Å². The maximum Gasteiger partial charge on any atom is 0.421 e. The Labute approximate surface area is 329 Å². The number of rotatable bonds is 14. The monoisotopic (exact) mass is 771 g/mol. The zero-order valence-corrected chi connectivity index (χ0v) is 31.7. The third-order valence-corrected chi connectivity index (χ3v) is 9.96. The van der Waals surface area contributed by atoms with Gasteiger partial charge in [-0.05, 0) is 60.4 Å². The van der Waals surface area contributed by atoms with E-state index in [2.05, 4.69) is 20.9 Å². The molecule has 294 valence electrons. The summed E-state index contributed by atoms with van der Waals surface area (Å²) in [5, 5.41) is 10.6. The Hall–Kier alpha value is -6.44. The largest absolute Gasteiger partial charge is 0.457 e. The molecule has 1 saturated heterocycles. The first-order chi connectivity index (χ1) is 27.7. The third-order valence-electron chi connectivity index (χ3n) is 9.96. The molecule has 1 atom stereocenters. The van der Waals surface area contributed by atoms with Gasteiger partial charge in [-0.25, -0.2) is 14.4 Å². The fourth-order valence-electron chi connectivity index (χ4n) is 6.93. The van der Waals surface area contributed by atoms with E-state index in [9.17, 15) is 19.2 Å². The molecule has 6 aromatic rings. The van der Waals surface area contributed by atoms with Crippen LogP contribution in [0.15, 0.2) is 120 Å². The van der Waals surface area contributed by atoms with Crippen molar-refractivity contribution in [3.8, 4) is 0 Å². The van der Waals surface area contributed by atoms with Gasteiger partial charge in [0.25, 0.3) is 0 Å². The van der Waals surface area contributed by atoms with Crippen LogP contribution in [0.5, 0.6) is 0 Å². The predicted molar refractivity (Wildman–Crippen MR) is 213 cm³/mol. The molecule has 0 spiro atoms. The second-order valence-corrected chi connectivity index (χ2v) is 14.2. The maximum absolute atomic E-state index is 13.9. The summed E-state index contributed by atoms with van der Waals surface area (Å²) in [5.41, 5.74) is 2.71. The van der Waals surface area contributed by atoms with Crippen LogP contribution in [0.2, 0.25) is 0 Å². The van der Waals surface area contributed by atoms with Gasteiger partial charge in [0.2, 0.25) is 12.7 Å². The molecule has 3 N–H and O–H groups in total. The van der Waals surface area contributed by atoms with Gasteiger partial charge in [-0.15, -0.1) is 0 Å². The Morgan fingerprint density at radius 3 is 2.35 bits per heavy atom. The minimum absolute atomic E-state index is 0.00959. The first-order valence-corrected chi connectivity index (χ1v) is 18.9. The number of furan rings is 1. The van der Waals surface area contributed by atoms with E-state index in [0.717, 1.165) is 49.2 Å². The number of hydrogen-bond acceptors (Lipinski definition) is 10. The predicted octanol–water partition coefficient (Wildman–Crippen LogP) is 6.18. The Bertz CT molecular complexity index is 2300. The van der Waals surface area contributed by atoms with Crippen LogP contribution in [-0.4, -0.2) is 78.6 Å². The van der Waals surface area contributed by atoms with E-state index in [-0.39, 0.29) is 13.0 Å². The molecule has 2 amide bonds. The van der Waals surface area contributed by atoms with Gasteiger partial charge in [0.1, 0.15) is 16.9 Å². The zero-order chi connectivity index (χ0) is 39.6. The fourth-order valence-corrected chi connectivity index (χ4v) is 6.93. The minimum atomic E-state index is -1.52. The fraction of sp³-hybridized carbons (Fsp3) is 0.273. The number of ether oxygens (including phenoxy) is 3. The van der Waals surface area contributed by atoms with Crippen molar-refractivity contribution in [2.24, 2.45) is 0 Å². The number of fused-ring (bicyclic) bond motifs is 2. The van der Waals surface area contributed by atoms with Gasteiger partial charge in [0, 0.05) is 62.7 Å². The highest BCUT2D eigenvalue weighted by Gasteiger charge is 2.37. The van der Waals surface area contributed by atoms with Crippen molar-refractivity contribution in [1.82, 2.24) is 25.4 Å². The summed E-state index contributed by atoms with van der Waals surface area (Å²) >= 11 is 0. The quantitative estimate of drug-likeness (QED) is 0.0865. The number of piperazine rings is 1. The lowest BCUT2D eigenvalue weighted by atomic mass is 9.91. The molecule has 7 rings (SSSR count). The van der Waals surface area contributed by atoms with Crippen LogP contribution in [0.1, 0.15) is 39.7 Å². The molecule has 1 aliphatic rings. The topological polar surface area (TPSA) is 153 Å². The molecule has 0 aliphatic carbocycles. The number of amides is 2. The molecule has 1 unspecified atom stereocenters. The molecule has 1 fully saturated rings. The van der Waals surface area contributed by atoms with E-state index < -0.39 is 36.4 Å². The number of para-hydroxylation sites is 2. The second kappa shape index (κ2) is 18.0. The highest BCUT2D eigenvalue weighted by Crippen LogP contribution is 2.27. The normalized spacial score (nSPS) is 14.1. The molecule has 0 bridgehead atoms. The number of nitrogens with zero attached hydrogens (tertiary/aromatic N) is 2. The van der Waals surface area contributed by atoms with Crippen LogP contribution in [0.4, 0.5) is 9.59 Å².